The van der Waals surface area contributed by atoms with Gasteiger partial charge in [-0.25, -0.2) is 9.97 Å². The summed E-state index contributed by atoms with van der Waals surface area (Å²) in [6, 6.07) is 6.17. The first-order valence-electron chi connectivity index (χ1n) is 5.74. The van der Waals surface area contributed by atoms with E-state index in [-0.39, 0.29) is 6.61 Å². The van der Waals surface area contributed by atoms with Crippen LogP contribution in [-0.2, 0) is 13.5 Å². The molecule has 0 saturated carbocycles. The number of aliphatic hydroxyl groups is 1. The summed E-state index contributed by atoms with van der Waals surface area (Å²) in [5, 5.41) is 11.9. The van der Waals surface area contributed by atoms with Crippen molar-refractivity contribution in [2.24, 2.45) is 7.05 Å². The number of benzene rings is 1. The minimum Gasteiger partial charge on any atom is -0.396 e. The Labute approximate surface area is 109 Å². The first-order valence-corrected chi connectivity index (χ1v) is 6.62. The smallest absolute Gasteiger partial charge is 0.123 e. The van der Waals surface area contributed by atoms with Crippen molar-refractivity contribution in [1.82, 2.24) is 14.5 Å². The molecule has 3 rings (SSSR count). The zero-order chi connectivity index (χ0) is 12.5. The lowest BCUT2D eigenvalue weighted by Crippen LogP contribution is -1.90. The van der Waals surface area contributed by atoms with Crippen LogP contribution in [0.5, 0.6) is 0 Å². The summed E-state index contributed by atoms with van der Waals surface area (Å²) < 4.78 is 2.00. The van der Waals surface area contributed by atoms with Gasteiger partial charge in [0.05, 0.1) is 23.1 Å². The van der Waals surface area contributed by atoms with E-state index in [0.717, 1.165) is 27.3 Å². The fraction of sp³-hybridized carbons (Fsp3) is 0.231. The van der Waals surface area contributed by atoms with Gasteiger partial charge < -0.3 is 9.67 Å². The van der Waals surface area contributed by atoms with Crippen molar-refractivity contribution in [3.8, 4) is 10.6 Å². The van der Waals surface area contributed by atoms with Crippen LogP contribution in [0.1, 0.15) is 5.69 Å². The van der Waals surface area contributed by atoms with Gasteiger partial charge in [-0.05, 0) is 18.2 Å². The molecule has 0 radical (unpaired) electrons. The van der Waals surface area contributed by atoms with Crippen LogP contribution in [0.15, 0.2) is 29.9 Å². The number of aryl methyl sites for hydroxylation is 1. The molecule has 92 valence electrons. The van der Waals surface area contributed by atoms with Crippen LogP contribution in [0.4, 0.5) is 0 Å². The van der Waals surface area contributed by atoms with Crippen LogP contribution in [0.3, 0.4) is 0 Å². The molecule has 2 heterocycles. The van der Waals surface area contributed by atoms with Crippen molar-refractivity contribution in [3.63, 3.8) is 0 Å². The number of thiazole rings is 1. The summed E-state index contributed by atoms with van der Waals surface area (Å²) >= 11 is 1.60. The van der Waals surface area contributed by atoms with Crippen molar-refractivity contribution in [3.05, 3.63) is 35.6 Å². The van der Waals surface area contributed by atoms with E-state index < -0.39 is 0 Å². The zero-order valence-electron chi connectivity index (χ0n) is 10.00. The van der Waals surface area contributed by atoms with Gasteiger partial charge in [0.15, 0.2) is 0 Å². The van der Waals surface area contributed by atoms with Crippen molar-refractivity contribution < 1.29 is 5.11 Å². The number of rotatable bonds is 3. The van der Waals surface area contributed by atoms with Crippen molar-refractivity contribution >= 4 is 22.4 Å². The monoisotopic (exact) mass is 259 g/mol. The first-order chi connectivity index (χ1) is 8.78. The normalized spacial score (nSPS) is 11.2. The highest BCUT2D eigenvalue weighted by Gasteiger charge is 2.07. The molecule has 3 aromatic rings. The average Bonchev–Trinajstić information content (AvgIpc) is 2.97. The second-order valence-electron chi connectivity index (χ2n) is 4.18. The Morgan fingerprint density at radius 3 is 3.11 bits per heavy atom. The van der Waals surface area contributed by atoms with Crippen LogP contribution in [0.25, 0.3) is 21.6 Å². The second kappa shape index (κ2) is 4.51. The van der Waals surface area contributed by atoms with Crippen LogP contribution < -0.4 is 0 Å². The Morgan fingerprint density at radius 2 is 2.28 bits per heavy atom. The van der Waals surface area contributed by atoms with Crippen LogP contribution in [-0.4, -0.2) is 26.2 Å². The highest BCUT2D eigenvalue weighted by Crippen LogP contribution is 2.26. The van der Waals surface area contributed by atoms with Gasteiger partial charge in [-0.1, -0.05) is 0 Å². The molecule has 0 aliphatic rings. The molecule has 5 heteroatoms. The molecule has 4 nitrogen and oxygen atoms in total. The average molecular weight is 259 g/mol. The van der Waals surface area contributed by atoms with Gasteiger partial charge in [0.25, 0.3) is 0 Å². The number of imidazole rings is 1. The summed E-state index contributed by atoms with van der Waals surface area (Å²) in [5.41, 5.74) is 4.12. The summed E-state index contributed by atoms with van der Waals surface area (Å²) in [4.78, 5) is 8.86. The maximum atomic E-state index is 8.90. The minimum atomic E-state index is 0.141. The third-order valence-corrected chi connectivity index (χ3v) is 3.83. The summed E-state index contributed by atoms with van der Waals surface area (Å²) in [6.45, 7) is 0.141. The lowest BCUT2D eigenvalue weighted by molar-refractivity contribution is 0.298. The zero-order valence-corrected chi connectivity index (χ0v) is 10.8. The molecular formula is C13H13N3OS. The maximum Gasteiger partial charge on any atom is 0.123 e. The Bertz CT molecular complexity index is 686. The predicted octanol–water partition coefficient (Wildman–Crippen LogP) is 2.23. The molecule has 0 bridgehead atoms. The van der Waals surface area contributed by atoms with E-state index in [1.807, 2.05) is 23.3 Å². The third-order valence-electron chi connectivity index (χ3n) is 2.89. The molecule has 0 amide bonds. The number of hydrogen-bond acceptors (Lipinski definition) is 4. The number of hydrogen-bond donors (Lipinski definition) is 1. The number of aromatic nitrogens is 3. The van der Waals surface area contributed by atoms with Crippen molar-refractivity contribution in [1.29, 1.82) is 0 Å². The Kier molecular flexibility index (Phi) is 2.85. The second-order valence-corrected chi connectivity index (χ2v) is 5.03. The van der Waals surface area contributed by atoms with Gasteiger partial charge in [-0.15, -0.1) is 11.3 Å². The summed E-state index contributed by atoms with van der Waals surface area (Å²) in [5.74, 6) is 0. The Morgan fingerprint density at radius 1 is 1.39 bits per heavy atom. The number of aliphatic hydroxyl groups excluding tert-OH is 1. The molecule has 1 aromatic carbocycles. The van der Waals surface area contributed by atoms with Gasteiger partial charge in [-0.3, -0.25) is 0 Å². The molecule has 0 unspecified atom stereocenters. The van der Waals surface area contributed by atoms with E-state index in [2.05, 4.69) is 28.2 Å². The Balaban J connectivity index is 2.02. The van der Waals surface area contributed by atoms with E-state index in [1.54, 1.807) is 11.3 Å². The van der Waals surface area contributed by atoms with Crippen LogP contribution >= 0.6 is 11.3 Å². The Hall–Kier alpha value is -1.72. The minimum absolute atomic E-state index is 0.141. The predicted molar refractivity (Wildman–Crippen MR) is 72.6 cm³/mol. The van der Waals surface area contributed by atoms with Gasteiger partial charge in [0, 0.05) is 31.0 Å². The van der Waals surface area contributed by atoms with E-state index in [0.29, 0.717) is 6.42 Å². The molecule has 0 fully saturated rings. The quantitative estimate of drug-likeness (QED) is 0.784. The molecule has 0 atom stereocenters. The largest absolute Gasteiger partial charge is 0.396 e. The molecule has 0 aliphatic carbocycles. The molecule has 0 aliphatic heterocycles. The van der Waals surface area contributed by atoms with E-state index in [4.69, 9.17) is 5.11 Å². The van der Waals surface area contributed by atoms with Crippen LogP contribution in [0.2, 0.25) is 0 Å². The standard InChI is InChI=1S/C13H13N3OS/c1-16-8-14-11-6-9(2-3-12(11)16)13-15-10(4-5-17)7-18-13/h2-3,6-8,17H,4-5H2,1H3. The topological polar surface area (TPSA) is 50.9 Å². The van der Waals surface area contributed by atoms with Gasteiger partial charge in [0.2, 0.25) is 0 Å². The van der Waals surface area contributed by atoms with Gasteiger partial charge in [0.1, 0.15) is 5.01 Å². The molecule has 1 N–H and O–H groups in total. The lowest BCUT2D eigenvalue weighted by Gasteiger charge is -1.98. The van der Waals surface area contributed by atoms with E-state index >= 15 is 0 Å². The first kappa shape index (κ1) is 11.4. The van der Waals surface area contributed by atoms with Gasteiger partial charge >= 0.3 is 0 Å². The molecular weight excluding hydrogens is 246 g/mol. The highest BCUT2D eigenvalue weighted by atomic mass is 32.1. The SMILES string of the molecule is Cn1cnc2cc(-c3nc(CCO)cs3)ccc21. The van der Waals surface area contributed by atoms with Crippen molar-refractivity contribution in [2.75, 3.05) is 6.61 Å². The highest BCUT2D eigenvalue weighted by molar-refractivity contribution is 7.13. The van der Waals surface area contributed by atoms with E-state index in [1.165, 1.54) is 0 Å². The molecule has 0 saturated heterocycles. The molecule has 0 spiro atoms. The van der Waals surface area contributed by atoms with E-state index in [9.17, 15) is 0 Å². The summed E-state index contributed by atoms with van der Waals surface area (Å²) in [6.07, 6.45) is 2.43. The van der Waals surface area contributed by atoms with Crippen LogP contribution in [0, 0.1) is 0 Å². The van der Waals surface area contributed by atoms with Gasteiger partial charge in [-0.2, -0.15) is 0 Å². The molecule has 2 aromatic heterocycles. The summed E-state index contributed by atoms with van der Waals surface area (Å²) in [7, 11) is 1.98. The van der Waals surface area contributed by atoms with Crippen molar-refractivity contribution in [2.45, 2.75) is 6.42 Å². The fourth-order valence-electron chi connectivity index (χ4n) is 1.94. The number of fused-ring (bicyclic) bond motifs is 1. The fourth-order valence-corrected chi connectivity index (χ4v) is 2.79. The lowest BCUT2D eigenvalue weighted by atomic mass is 10.2. The maximum absolute atomic E-state index is 8.90. The number of nitrogens with zero attached hydrogens (tertiary/aromatic N) is 3. The third kappa shape index (κ3) is 1.91. The molecule has 18 heavy (non-hydrogen) atoms.